The van der Waals surface area contributed by atoms with Crippen molar-refractivity contribution in [2.45, 2.75) is 0 Å². The Balaban J connectivity index is 0.000000181. The Hall–Kier alpha value is -1.72. The van der Waals surface area contributed by atoms with E-state index in [-0.39, 0.29) is 26.2 Å². The van der Waals surface area contributed by atoms with E-state index in [0.717, 1.165) is 0 Å². The van der Waals surface area contributed by atoms with Gasteiger partial charge in [-0.25, -0.2) is 0 Å². The molecule has 4 aromatic rings. The van der Waals surface area contributed by atoms with Crippen molar-refractivity contribution in [1.82, 2.24) is 0 Å². The summed E-state index contributed by atoms with van der Waals surface area (Å²) in [5.41, 5.74) is 0. The van der Waals surface area contributed by atoms with E-state index in [2.05, 4.69) is 98.1 Å². The second kappa shape index (κ2) is 9.26. The molecule has 4 rings (SSSR count). The van der Waals surface area contributed by atoms with Crippen LogP contribution in [0.1, 0.15) is 0 Å². The van der Waals surface area contributed by atoms with Crippen molar-refractivity contribution in [2.24, 2.45) is 0 Å². The van der Waals surface area contributed by atoms with Crippen LogP contribution in [0, 0.1) is 0 Å². The smallest absolute Gasteiger partial charge is 0.168 e. The molecule has 0 bridgehead atoms. The van der Waals surface area contributed by atoms with Crippen LogP contribution < -0.4 is 0 Å². The van der Waals surface area contributed by atoms with Gasteiger partial charge in [0.2, 0.25) is 0 Å². The molecule has 4 aromatic carbocycles. The molecule has 0 N–H and O–H groups in total. The van der Waals surface area contributed by atoms with Crippen LogP contribution in [0.5, 0.6) is 0 Å². The SMILES string of the molecule is C=C.[Zr+2].c1ccc2[cH-]ccc2c1.c1ccc2[cH-]ccc2c1. The van der Waals surface area contributed by atoms with Crippen molar-refractivity contribution < 1.29 is 26.2 Å². The van der Waals surface area contributed by atoms with E-state index >= 15 is 0 Å². The maximum atomic E-state index is 3.00. The van der Waals surface area contributed by atoms with E-state index in [1.54, 1.807) is 0 Å². The van der Waals surface area contributed by atoms with Gasteiger partial charge in [0.25, 0.3) is 0 Å². The first-order chi connectivity index (χ1) is 9.93. The number of hydrogen-bond acceptors (Lipinski definition) is 0. The molecular weight excluding hydrogens is 331 g/mol. The van der Waals surface area contributed by atoms with Crippen molar-refractivity contribution in [3.63, 3.8) is 0 Å². The van der Waals surface area contributed by atoms with Gasteiger partial charge in [-0.15, -0.1) is 72.5 Å². The largest absolute Gasteiger partial charge is 2.00 e. The summed E-state index contributed by atoms with van der Waals surface area (Å²) in [4.78, 5) is 0. The number of benzene rings is 2. The summed E-state index contributed by atoms with van der Waals surface area (Å²) in [6.45, 7) is 6.00. The minimum absolute atomic E-state index is 0. The Morgan fingerprint density at radius 2 is 0.952 bits per heavy atom. The van der Waals surface area contributed by atoms with Crippen molar-refractivity contribution in [1.29, 1.82) is 0 Å². The molecule has 102 valence electrons. The van der Waals surface area contributed by atoms with Crippen molar-refractivity contribution in [2.75, 3.05) is 0 Å². The molecule has 0 aliphatic heterocycles. The maximum Gasteiger partial charge on any atom is 2.00 e. The normalized spacial score (nSPS) is 8.95. The summed E-state index contributed by atoms with van der Waals surface area (Å²) in [5.74, 6) is 0. The van der Waals surface area contributed by atoms with Crippen molar-refractivity contribution >= 4 is 21.5 Å². The van der Waals surface area contributed by atoms with Gasteiger partial charge in [-0.1, -0.05) is 12.1 Å². The number of fused-ring (bicyclic) bond motifs is 2. The van der Waals surface area contributed by atoms with E-state index in [9.17, 15) is 0 Å². The van der Waals surface area contributed by atoms with Gasteiger partial charge in [0.05, 0.1) is 0 Å². The molecule has 0 unspecified atom stereocenters. The molecular formula is C20H18Zr. The Morgan fingerprint density at radius 1 is 0.571 bits per heavy atom. The zero-order valence-corrected chi connectivity index (χ0v) is 14.5. The molecule has 0 spiro atoms. The molecule has 0 saturated heterocycles. The molecule has 0 saturated carbocycles. The van der Waals surface area contributed by atoms with Gasteiger partial charge in [0.15, 0.2) is 0 Å². The molecule has 0 aliphatic rings. The van der Waals surface area contributed by atoms with Gasteiger partial charge in [0.1, 0.15) is 0 Å². The van der Waals surface area contributed by atoms with Gasteiger partial charge in [-0.2, -0.15) is 35.0 Å². The molecule has 0 aliphatic carbocycles. The molecule has 1 heteroatoms. The predicted octanol–water partition coefficient (Wildman–Crippen LogP) is 5.92. The Bertz CT molecular complexity index is 635. The molecule has 0 nitrogen and oxygen atoms in total. The molecule has 21 heavy (non-hydrogen) atoms. The van der Waals surface area contributed by atoms with E-state index in [1.807, 2.05) is 0 Å². The van der Waals surface area contributed by atoms with Crippen LogP contribution >= 0.6 is 0 Å². The molecule has 0 amide bonds. The quantitative estimate of drug-likeness (QED) is 0.273. The summed E-state index contributed by atoms with van der Waals surface area (Å²) >= 11 is 0. The standard InChI is InChI=1S/2C9H7.C2H4.Zr/c2*1-2-5-9-7-3-6-8(9)4-1;1-2;/h2*1-7H;1-2H2;/q2*-1;;+2. The van der Waals surface area contributed by atoms with Crippen LogP contribution in [-0.2, 0) is 26.2 Å². The zero-order chi connectivity index (χ0) is 14.2. The zero-order valence-electron chi connectivity index (χ0n) is 12.0. The fourth-order valence-corrected chi connectivity index (χ4v) is 2.14. The number of rotatable bonds is 0. The topological polar surface area (TPSA) is 0 Å². The molecule has 0 aromatic heterocycles. The van der Waals surface area contributed by atoms with Crippen molar-refractivity contribution in [3.05, 3.63) is 98.1 Å². The molecule has 0 atom stereocenters. The minimum atomic E-state index is 0. The first-order valence-corrected chi connectivity index (χ1v) is 6.64. The second-order valence-corrected chi connectivity index (χ2v) is 4.31. The van der Waals surface area contributed by atoms with E-state index in [1.165, 1.54) is 21.5 Å². The van der Waals surface area contributed by atoms with E-state index in [4.69, 9.17) is 0 Å². The Morgan fingerprint density at radius 3 is 1.33 bits per heavy atom. The van der Waals surface area contributed by atoms with Crippen LogP contribution in [0.3, 0.4) is 0 Å². The van der Waals surface area contributed by atoms with Crippen LogP contribution in [0.4, 0.5) is 0 Å². The fourth-order valence-electron chi connectivity index (χ4n) is 2.14. The second-order valence-electron chi connectivity index (χ2n) is 4.31. The van der Waals surface area contributed by atoms with Crippen LogP contribution in [0.2, 0.25) is 0 Å². The Kier molecular flexibility index (Phi) is 7.65. The summed E-state index contributed by atoms with van der Waals surface area (Å²) < 4.78 is 0. The van der Waals surface area contributed by atoms with Gasteiger partial charge >= 0.3 is 26.2 Å². The minimum Gasteiger partial charge on any atom is -0.168 e. The first kappa shape index (κ1) is 17.3. The van der Waals surface area contributed by atoms with Gasteiger partial charge in [0, 0.05) is 0 Å². The first-order valence-electron chi connectivity index (χ1n) is 6.64. The average molecular weight is 350 g/mol. The summed E-state index contributed by atoms with van der Waals surface area (Å²) in [6, 6.07) is 29.3. The summed E-state index contributed by atoms with van der Waals surface area (Å²) in [7, 11) is 0. The molecule has 0 fully saturated rings. The molecule has 0 heterocycles. The van der Waals surface area contributed by atoms with Crippen LogP contribution in [0.15, 0.2) is 98.1 Å². The molecule has 0 radical (unpaired) electrons. The monoisotopic (exact) mass is 348 g/mol. The van der Waals surface area contributed by atoms with Crippen molar-refractivity contribution in [3.8, 4) is 0 Å². The van der Waals surface area contributed by atoms with E-state index < -0.39 is 0 Å². The Labute approximate surface area is 145 Å². The van der Waals surface area contributed by atoms with Crippen LogP contribution in [0.25, 0.3) is 21.5 Å². The summed E-state index contributed by atoms with van der Waals surface area (Å²) in [5, 5.41) is 5.32. The predicted molar refractivity (Wildman–Crippen MR) is 90.3 cm³/mol. The van der Waals surface area contributed by atoms with Crippen LogP contribution in [-0.4, -0.2) is 0 Å². The number of hydrogen-bond donors (Lipinski definition) is 0. The van der Waals surface area contributed by atoms with Gasteiger partial charge < -0.3 is 0 Å². The third-order valence-electron chi connectivity index (χ3n) is 3.10. The average Bonchev–Trinajstić information content (AvgIpc) is 3.18. The van der Waals surface area contributed by atoms with Gasteiger partial charge in [-0.05, 0) is 0 Å². The van der Waals surface area contributed by atoms with Gasteiger partial charge in [-0.3, -0.25) is 0 Å². The summed E-state index contributed by atoms with van der Waals surface area (Å²) in [6.07, 6.45) is 0. The third kappa shape index (κ3) is 4.65. The fraction of sp³-hybridized carbons (Fsp3) is 0. The van der Waals surface area contributed by atoms with E-state index in [0.29, 0.717) is 0 Å². The third-order valence-corrected chi connectivity index (χ3v) is 3.10. The maximum absolute atomic E-state index is 3.00.